The summed E-state index contributed by atoms with van der Waals surface area (Å²) in [6, 6.07) is 15.3. The Labute approximate surface area is 177 Å². The summed E-state index contributed by atoms with van der Waals surface area (Å²) < 4.78 is 10.7. The van der Waals surface area contributed by atoms with E-state index in [1.54, 1.807) is 19.2 Å². The van der Waals surface area contributed by atoms with Crippen LogP contribution in [0.3, 0.4) is 0 Å². The first kappa shape index (κ1) is 20.4. The van der Waals surface area contributed by atoms with Crippen LogP contribution in [-0.4, -0.2) is 68.1 Å². The third-order valence-corrected chi connectivity index (χ3v) is 6.15. The Morgan fingerprint density at radius 1 is 1.00 bits per heavy atom. The SMILES string of the molecule is COc1cccc(C(=O)N2C[C@H](C(=O)N3CCOCC3)[C@@H](c3ccccc3C)C2)c1. The second-order valence-electron chi connectivity index (χ2n) is 7.95. The van der Waals surface area contributed by atoms with Gasteiger partial charge in [0.1, 0.15) is 5.75 Å². The second-order valence-corrected chi connectivity index (χ2v) is 7.95. The van der Waals surface area contributed by atoms with E-state index in [1.807, 2.05) is 34.1 Å². The van der Waals surface area contributed by atoms with Crippen LogP contribution >= 0.6 is 0 Å². The van der Waals surface area contributed by atoms with Crippen LogP contribution in [0.25, 0.3) is 0 Å². The van der Waals surface area contributed by atoms with Gasteiger partial charge in [-0.15, -0.1) is 0 Å². The summed E-state index contributed by atoms with van der Waals surface area (Å²) in [5.41, 5.74) is 2.88. The first-order chi connectivity index (χ1) is 14.6. The monoisotopic (exact) mass is 408 g/mol. The number of benzene rings is 2. The quantitative estimate of drug-likeness (QED) is 0.781. The Morgan fingerprint density at radius 2 is 1.77 bits per heavy atom. The Morgan fingerprint density at radius 3 is 2.50 bits per heavy atom. The maximum atomic E-state index is 13.4. The van der Waals surface area contributed by atoms with Crippen LogP contribution in [0.15, 0.2) is 48.5 Å². The molecule has 0 unspecified atom stereocenters. The molecule has 2 aromatic carbocycles. The molecule has 2 fully saturated rings. The van der Waals surface area contributed by atoms with Gasteiger partial charge in [-0.1, -0.05) is 30.3 Å². The zero-order valence-corrected chi connectivity index (χ0v) is 17.5. The van der Waals surface area contributed by atoms with E-state index in [2.05, 4.69) is 19.1 Å². The number of morpholine rings is 1. The van der Waals surface area contributed by atoms with Gasteiger partial charge >= 0.3 is 0 Å². The molecular weight excluding hydrogens is 380 g/mol. The molecule has 0 N–H and O–H groups in total. The van der Waals surface area contributed by atoms with Crippen molar-refractivity contribution in [2.24, 2.45) is 5.92 Å². The van der Waals surface area contributed by atoms with E-state index in [0.29, 0.717) is 50.7 Å². The van der Waals surface area contributed by atoms with Crippen molar-refractivity contribution >= 4 is 11.8 Å². The number of methoxy groups -OCH3 is 1. The van der Waals surface area contributed by atoms with Gasteiger partial charge in [-0.05, 0) is 36.2 Å². The molecule has 0 aliphatic carbocycles. The molecule has 0 radical (unpaired) electrons. The highest BCUT2D eigenvalue weighted by atomic mass is 16.5. The van der Waals surface area contributed by atoms with Gasteiger partial charge in [0, 0.05) is 37.7 Å². The minimum absolute atomic E-state index is 0.0175. The molecule has 0 aromatic heterocycles. The average molecular weight is 408 g/mol. The van der Waals surface area contributed by atoms with Crippen LogP contribution in [0.5, 0.6) is 5.75 Å². The topological polar surface area (TPSA) is 59.1 Å². The second kappa shape index (κ2) is 8.88. The molecule has 6 nitrogen and oxygen atoms in total. The van der Waals surface area contributed by atoms with E-state index in [1.165, 1.54) is 0 Å². The molecule has 6 heteroatoms. The van der Waals surface area contributed by atoms with Crippen molar-refractivity contribution in [3.05, 3.63) is 65.2 Å². The summed E-state index contributed by atoms with van der Waals surface area (Å²) in [4.78, 5) is 30.4. The lowest BCUT2D eigenvalue weighted by molar-refractivity contribution is -0.139. The summed E-state index contributed by atoms with van der Waals surface area (Å²) >= 11 is 0. The number of amides is 2. The van der Waals surface area contributed by atoms with Gasteiger partial charge in [0.15, 0.2) is 0 Å². The number of hydrogen-bond donors (Lipinski definition) is 0. The Bertz CT molecular complexity index is 923. The highest BCUT2D eigenvalue weighted by Gasteiger charge is 2.42. The summed E-state index contributed by atoms with van der Waals surface area (Å²) in [5.74, 6) is 0.434. The van der Waals surface area contributed by atoms with Gasteiger partial charge in [0.2, 0.25) is 5.91 Å². The first-order valence-electron chi connectivity index (χ1n) is 10.4. The van der Waals surface area contributed by atoms with Crippen molar-refractivity contribution in [2.45, 2.75) is 12.8 Å². The van der Waals surface area contributed by atoms with Crippen molar-refractivity contribution in [3.63, 3.8) is 0 Å². The van der Waals surface area contributed by atoms with E-state index >= 15 is 0 Å². The zero-order valence-electron chi connectivity index (χ0n) is 17.5. The number of carbonyl (C=O) groups is 2. The van der Waals surface area contributed by atoms with Gasteiger partial charge in [-0.25, -0.2) is 0 Å². The smallest absolute Gasteiger partial charge is 0.254 e. The molecule has 2 heterocycles. The van der Waals surface area contributed by atoms with Crippen LogP contribution in [0.4, 0.5) is 0 Å². The molecule has 158 valence electrons. The maximum Gasteiger partial charge on any atom is 0.254 e. The van der Waals surface area contributed by atoms with Gasteiger partial charge in [-0.3, -0.25) is 9.59 Å². The molecule has 2 aromatic rings. The molecule has 0 spiro atoms. The average Bonchev–Trinajstić information content (AvgIpc) is 3.24. The Balaban J connectivity index is 1.62. The van der Waals surface area contributed by atoms with Crippen molar-refractivity contribution < 1.29 is 19.1 Å². The fourth-order valence-electron chi connectivity index (χ4n) is 4.49. The Kier molecular flexibility index (Phi) is 6.04. The number of nitrogens with zero attached hydrogens (tertiary/aromatic N) is 2. The third kappa shape index (κ3) is 4.05. The van der Waals surface area contributed by atoms with Gasteiger partial charge in [0.25, 0.3) is 5.91 Å². The maximum absolute atomic E-state index is 13.4. The largest absolute Gasteiger partial charge is 0.497 e. The summed E-state index contributed by atoms with van der Waals surface area (Å²) in [6.07, 6.45) is 0. The number of aryl methyl sites for hydroxylation is 1. The van der Waals surface area contributed by atoms with E-state index < -0.39 is 0 Å². The molecule has 4 rings (SSSR count). The van der Waals surface area contributed by atoms with E-state index in [9.17, 15) is 9.59 Å². The number of hydrogen-bond acceptors (Lipinski definition) is 4. The predicted octanol–water partition coefficient (Wildman–Crippen LogP) is 2.72. The van der Waals surface area contributed by atoms with E-state index in [0.717, 1.165) is 11.1 Å². The van der Waals surface area contributed by atoms with Crippen LogP contribution in [0.1, 0.15) is 27.4 Å². The summed E-state index contributed by atoms with van der Waals surface area (Å²) in [7, 11) is 1.59. The highest BCUT2D eigenvalue weighted by Crippen LogP contribution is 2.36. The van der Waals surface area contributed by atoms with Gasteiger partial charge in [-0.2, -0.15) is 0 Å². The van der Waals surface area contributed by atoms with Crippen molar-refractivity contribution in [2.75, 3.05) is 46.5 Å². The van der Waals surface area contributed by atoms with Crippen LogP contribution in [-0.2, 0) is 9.53 Å². The molecule has 30 heavy (non-hydrogen) atoms. The normalized spacial score (nSPS) is 21.5. The molecule has 0 saturated carbocycles. The number of carbonyl (C=O) groups excluding carboxylic acids is 2. The van der Waals surface area contributed by atoms with Gasteiger partial charge < -0.3 is 19.3 Å². The lowest BCUT2D eigenvalue weighted by atomic mass is 9.85. The van der Waals surface area contributed by atoms with E-state index in [-0.39, 0.29) is 23.7 Å². The predicted molar refractivity (Wildman–Crippen MR) is 114 cm³/mol. The number of rotatable bonds is 4. The fraction of sp³-hybridized carbons (Fsp3) is 0.417. The van der Waals surface area contributed by atoms with E-state index in [4.69, 9.17) is 9.47 Å². The third-order valence-electron chi connectivity index (χ3n) is 6.15. The number of likely N-dealkylation sites (tertiary alicyclic amines) is 1. The van der Waals surface area contributed by atoms with Crippen LogP contribution in [0.2, 0.25) is 0 Å². The Hall–Kier alpha value is -2.86. The van der Waals surface area contributed by atoms with Crippen molar-refractivity contribution in [1.82, 2.24) is 9.80 Å². The fourth-order valence-corrected chi connectivity index (χ4v) is 4.49. The lowest BCUT2D eigenvalue weighted by Crippen LogP contribution is -2.45. The molecule has 2 aliphatic rings. The summed E-state index contributed by atoms with van der Waals surface area (Å²) in [6.45, 7) is 5.38. The molecule has 2 atom stereocenters. The first-order valence-corrected chi connectivity index (χ1v) is 10.4. The zero-order chi connectivity index (χ0) is 21.1. The summed E-state index contributed by atoms with van der Waals surface area (Å²) in [5, 5.41) is 0. The molecule has 0 bridgehead atoms. The molecule has 2 amide bonds. The lowest BCUT2D eigenvalue weighted by Gasteiger charge is -2.31. The minimum Gasteiger partial charge on any atom is -0.497 e. The standard InChI is InChI=1S/C24H28N2O4/c1-17-6-3-4-9-20(17)21-15-26(23(27)18-7-5-8-19(14-18)29-2)16-22(21)24(28)25-10-12-30-13-11-25/h3-9,14,21-22H,10-13,15-16H2,1-2H3/t21-,22+/m1/s1. The number of ether oxygens (including phenoxy) is 2. The van der Waals surface area contributed by atoms with Crippen LogP contribution in [0, 0.1) is 12.8 Å². The van der Waals surface area contributed by atoms with Crippen LogP contribution < -0.4 is 4.74 Å². The highest BCUT2D eigenvalue weighted by molar-refractivity contribution is 5.95. The minimum atomic E-state index is -0.251. The van der Waals surface area contributed by atoms with Crippen molar-refractivity contribution in [1.29, 1.82) is 0 Å². The molecular formula is C24H28N2O4. The molecule has 2 aliphatic heterocycles. The van der Waals surface area contributed by atoms with Crippen molar-refractivity contribution in [3.8, 4) is 5.75 Å². The molecule has 2 saturated heterocycles. The van der Waals surface area contributed by atoms with Gasteiger partial charge in [0.05, 0.1) is 26.2 Å².